The Bertz CT molecular complexity index is 413. The first kappa shape index (κ1) is 15.5. The number of nitrogens with one attached hydrogen (secondary N) is 1. The second-order valence-corrected chi connectivity index (χ2v) is 5.98. The molecule has 0 radical (unpaired) electrons. The van der Waals surface area contributed by atoms with E-state index < -0.39 is 12.7 Å². The van der Waals surface area contributed by atoms with Gasteiger partial charge in [-0.1, -0.05) is 35.8 Å². The summed E-state index contributed by atoms with van der Waals surface area (Å²) >= 11 is 3.39. The lowest BCUT2D eigenvalue weighted by Crippen LogP contribution is -2.38. The van der Waals surface area contributed by atoms with Crippen LogP contribution in [0, 0.1) is 6.92 Å². The Morgan fingerprint density at radius 1 is 1.17 bits per heavy atom. The predicted molar refractivity (Wildman–Crippen MR) is 70.8 cm³/mol. The van der Waals surface area contributed by atoms with E-state index in [2.05, 4.69) is 21.2 Å². The minimum absolute atomic E-state index is 0.282. The Labute approximate surface area is 114 Å². The molecule has 5 heteroatoms. The summed E-state index contributed by atoms with van der Waals surface area (Å²) in [5.74, 6) is 0. The van der Waals surface area contributed by atoms with Crippen molar-refractivity contribution in [2.75, 3.05) is 13.1 Å². The Morgan fingerprint density at radius 3 is 2.33 bits per heavy atom. The van der Waals surface area contributed by atoms with E-state index in [1.165, 1.54) is 0 Å². The maximum atomic E-state index is 12.1. The summed E-state index contributed by atoms with van der Waals surface area (Å²) in [6.07, 6.45) is -4.16. The first-order chi connectivity index (χ1) is 8.12. The van der Waals surface area contributed by atoms with Crippen molar-refractivity contribution in [3.8, 4) is 0 Å². The molecule has 1 aromatic carbocycles. The van der Waals surface area contributed by atoms with E-state index in [4.69, 9.17) is 0 Å². The molecule has 0 aliphatic heterocycles. The van der Waals surface area contributed by atoms with Crippen LogP contribution < -0.4 is 5.32 Å². The number of hydrogen-bond donors (Lipinski definition) is 1. The highest BCUT2D eigenvalue weighted by Crippen LogP contribution is 2.28. The summed E-state index contributed by atoms with van der Waals surface area (Å²) in [5.41, 5.74) is 1.78. The van der Waals surface area contributed by atoms with Crippen LogP contribution in [0.2, 0.25) is 0 Å². The number of benzene rings is 1. The number of hydrogen-bond acceptors (Lipinski definition) is 1. The van der Waals surface area contributed by atoms with Crippen molar-refractivity contribution in [2.24, 2.45) is 0 Å². The van der Waals surface area contributed by atoms with Gasteiger partial charge in [0.05, 0.1) is 6.54 Å². The van der Waals surface area contributed by atoms with Crippen LogP contribution >= 0.6 is 15.9 Å². The summed E-state index contributed by atoms with van der Waals surface area (Å²) in [5, 5.41) is 2.47. The molecule has 0 aliphatic rings. The predicted octanol–water partition coefficient (Wildman–Crippen LogP) is 4.19. The molecular formula is C13H17BrF3N. The van der Waals surface area contributed by atoms with Crippen molar-refractivity contribution in [3.63, 3.8) is 0 Å². The highest BCUT2D eigenvalue weighted by molar-refractivity contribution is 9.10. The topological polar surface area (TPSA) is 12.0 Å². The number of aryl methyl sites for hydroxylation is 1. The third kappa shape index (κ3) is 4.61. The van der Waals surface area contributed by atoms with Gasteiger partial charge in [0.1, 0.15) is 0 Å². The highest BCUT2D eigenvalue weighted by Gasteiger charge is 2.29. The molecule has 0 bridgehead atoms. The molecule has 1 N–H and O–H groups in total. The molecule has 0 aromatic heterocycles. The molecule has 1 aromatic rings. The molecule has 102 valence electrons. The van der Waals surface area contributed by atoms with E-state index >= 15 is 0 Å². The van der Waals surface area contributed by atoms with Gasteiger partial charge in [-0.2, -0.15) is 13.2 Å². The van der Waals surface area contributed by atoms with E-state index in [-0.39, 0.29) is 12.0 Å². The average molecular weight is 324 g/mol. The van der Waals surface area contributed by atoms with Gasteiger partial charge in [0.2, 0.25) is 0 Å². The number of alkyl halides is 3. The van der Waals surface area contributed by atoms with Crippen molar-refractivity contribution < 1.29 is 13.2 Å². The molecule has 0 saturated heterocycles. The van der Waals surface area contributed by atoms with Gasteiger partial charge in [-0.25, -0.2) is 0 Å². The second kappa shape index (κ2) is 5.61. The molecule has 0 amide bonds. The van der Waals surface area contributed by atoms with Gasteiger partial charge in [-0.15, -0.1) is 0 Å². The van der Waals surface area contributed by atoms with Crippen LogP contribution in [0.5, 0.6) is 0 Å². The van der Waals surface area contributed by atoms with Gasteiger partial charge in [-0.05, 0) is 30.2 Å². The molecule has 1 nitrogen and oxygen atoms in total. The van der Waals surface area contributed by atoms with Gasteiger partial charge in [-0.3, -0.25) is 0 Å². The van der Waals surface area contributed by atoms with Crippen molar-refractivity contribution in [3.05, 3.63) is 33.8 Å². The quantitative estimate of drug-likeness (QED) is 0.876. The van der Waals surface area contributed by atoms with Crippen molar-refractivity contribution in [2.45, 2.75) is 32.4 Å². The highest BCUT2D eigenvalue weighted by atomic mass is 79.9. The monoisotopic (exact) mass is 323 g/mol. The van der Waals surface area contributed by atoms with Crippen molar-refractivity contribution in [1.29, 1.82) is 0 Å². The zero-order valence-electron chi connectivity index (χ0n) is 10.7. The van der Waals surface area contributed by atoms with E-state index in [1.54, 1.807) is 0 Å². The van der Waals surface area contributed by atoms with Gasteiger partial charge < -0.3 is 5.32 Å². The van der Waals surface area contributed by atoms with Gasteiger partial charge in [0, 0.05) is 16.4 Å². The molecule has 0 unspecified atom stereocenters. The minimum atomic E-state index is -4.16. The van der Waals surface area contributed by atoms with Crippen LogP contribution in [0.25, 0.3) is 0 Å². The lowest BCUT2D eigenvalue weighted by atomic mass is 9.82. The lowest BCUT2D eigenvalue weighted by Gasteiger charge is -2.28. The Kier molecular flexibility index (Phi) is 4.84. The van der Waals surface area contributed by atoms with E-state index in [9.17, 15) is 13.2 Å². The molecule has 0 saturated carbocycles. The summed E-state index contributed by atoms with van der Waals surface area (Å²) in [6.45, 7) is 5.16. The van der Waals surface area contributed by atoms with Crippen LogP contribution in [0.3, 0.4) is 0 Å². The molecule has 0 spiro atoms. The first-order valence-corrected chi connectivity index (χ1v) is 6.45. The fraction of sp³-hybridized carbons (Fsp3) is 0.538. The number of halogens is 4. The first-order valence-electron chi connectivity index (χ1n) is 5.66. The zero-order valence-corrected chi connectivity index (χ0v) is 12.2. The lowest BCUT2D eigenvalue weighted by molar-refractivity contribution is -0.125. The van der Waals surface area contributed by atoms with E-state index in [0.29, 0.717) is 0 Å². The van der Waals surface area contributed by atoms with Crippen molar-refractivity contribution >= 4 is 15.9 Å². The van der Waals surface area contributed by atoms with Gasteiger partial charge in [0.15, 0.2) is 0 Å². The van der Waals surface area contributed by atoms with E-state index in [1.807, 2.05) is 39.0 Å². The Hall–Kier alpha value is -0.550. The SMILES string of the molecule is Cc1ccc(Br)cc1C(C)(C)CNCC(F)(F)F. The van der Waals surface area contributed by atoms with Gasteiger partial charge in [0.25, 0.3) is 0 Å². The molecular weight excluding hydrogens is 307 g/mol. The van der Waals surface area contributed by atoms with Crippen LogP contribution in [0.4, 0.5) is 13.2 Å². The summed E-state index contributed by atoms with van der Waals surface area (Å²) < 4.78 is 37.3. The summed E-state index contributed by atoms with van der Waals surface area (Å²) in [7, 11) is 0. The normalized spacial score (nSPS) is 12.8. The molecule has 1 rings (SSSR count). The Balaban J connectivity index is 2.76. The van der Waals surface area contributed by atoms with Crippen molar-refractivity contribution in [1.82, 2.24) is 5.32 Å². The molecule has 0 fully saturated rings. The van der Waals surface area contributed by atoms with Gasteiger partial charge >= 0.3 is 6.18 Å². The number of rotatable bonds is 4. The maximum absolute atomic E-state index is 12.1. The fourth-order valence-electron chi connectivity index (χ4n) is 1.94. The summed E-state index contributed by atoms with van der Waals surface area (Å²) in [6, 6.07) is 5.85. The summed E-state index contributed by atoms with van der Waals surface area (Å²) in [4.78, 5) is 0. The van der Waals surface area contributed by atoms with Crippen LogP contribution in [0.15, 0.2) is 22.7 Å². The third-order valence-electron chi connectivity index (χ3n) is 2.82. The van der Waals surface area contributed by atoms with E-state index in [0.717, 1.165) is 15.6 Å². The largest absolute Gasteiger partial charge is 0.401 e. The minimum Gasteiger partial charge on any atom is -0.308 e. The average Bonchev–Trinajstić information content (AvgIpc) is 2.19. The van der Waals surface area contributed by atoms with Crippen LogP contribution in [-0.4, -0.2) is 19.3 Å². The standard InChI is InChI=1S/C13H17BrF3N/c1-9-4-5-10(14)6-11(9)12(2,3)7-18-8-13(15,16)17/h4-6,18H,7-8H2,1-3H3. The zero-order chi connectivity index (χ0) is 14.0. The fourth-order valence-corrected chi connectivity index (χ4v) is 2.30. The van der Waals surface area contributed by atoms with Crippen LogP contribution in [-0.2, 0) is 5.41 Å². The molecule has 0 heterocycles. The van der Waals surface area contributed by atoms with Crippen LogP contribution in [0.1, 0.15) is 25.0 Å². The molecule has 18 heavy (non-hydrogen) atoms. The second-order valence-electron chi connectivity index (χ2n) is 5.06. The molecule has 0 atom stereocenters. The third-order valence-corrected chi connectivity index (χ3v) is 3.31. The molecule has 0 aliphatic carbocycles. The smallest absolute Gasteiger partial charge is 0.308 e. The maximum Gasteiger partial charge on any atom is 0.401 e. The Morgan fingerprint density at radius 2 is 1.78 bits per heavy atom.